The molecule has 2 unspecified atom stereocenters. The second-order valence-electron chi connectivity index (χ2n) is 6.70. The van der Waals surface area contributed by atoms with Crippen molar-refractivity contribution in [3.63, 3.8) is 0 Å². The van der Waals surface area contributed by atoms with Gasteiger partial charge in [-0.25, -0.2) is 23.2 Å². The molecule has 2 aromatic heterocycles. The molecule has 9 heteroatoms. The summed E-state index contributed by atoms with van der Waals surface area (Å²) in [7, 11) is 0. The van der Waals surface area contributed by atoms with Crippen LogP contribution in [0.1, 0.15) is 41.5 Å². The third kappa shape index (κ3) is 3.25. The number of hydrogen-bond donors (Lipinski definition) is 0. The lowest BCUT2D eigenvalue weighted by Gasteiger charge is -2.20. The molecule has 138 valence electrons. The fourth-order valence-corrected chi connectivity index (χ4v) is 3.43. The third-order valence-corrected chi connectivity index (χ3v) is 4.86. The highest BCUT2D eigenvalue weighted by molar-refractivity contribution is 5.86. The molecule has 0 radical (unpaired) electrons. The van der Waals surface area contributed by atoms with Crippen molar-refractivity contribution in [2.45, 2.75) is 26.3 Å². The smallest absolute Gasteiger partial charge is 0.360 e. The largest absolute Gasteiger partial charge is 0.461 e. The molecule has 0 bridgehead atoms. The van der Waals surface area contributed by atoms with E-state index >= 15 is 0 Å². The van der Waals surface area contributed by atoms with Crippen molar-refractivity contribution in [1.29, 1.82) is 0 Å². The van der Waals surface area contributed by atoms with Gasteiger partial charge in [0.1, 0.15) is 11.5 Å². The zero-order chi connectivity index (χ0) is 18.3. The van der Waals surface area contributed by atoms with Gasteiger partial charge in [-0.3, -0.25) is 0 Å². The van der Waals surface area contributed by atoms with Gasteiger partial charge in [0.05, 0.1) is 19.3 Å². The number of carbonyl (C=O) groups excluding carboxylic acids is 1. The molecule has 1 aliphatic heterocycles. The molecule has 4 rings (SSSR count). The second kappa shape index (κ2) is 6.62. The Morgan fingerprint density at radius 1 is 1.35 bits per heavy atom. The van der Waals surface area contributed by atoms with Crippen LogP contribution in [0.15, 0.2) is 18.3 Å². The van der Waals surface area contributed by atoms with Crippen LogP contribution in [0.25, 0.3) is 0 Å². The first-order chi connectivity index (χ1) is 12.5. The Morgan fingerprint density at radius 3 is 2.81 bits per heavy atom. The lowest BCUT2D eigenvalue weighted by atomic mass is 10.2. The number of esters is 1. The zero-order valence-corrected chi connectivity index (χ0v) is 14.3. The maximum Gasteiger partial charge on any atom is 0.360 e. The molecule has 2 atom stereocenters. The van der Waals surface area contributed by atoms with Gasteiger partial charge in [0.2, 0.25) is 0 Å². The fraction of sp³-hybridized carbons (Fsp3) is 0.529. The summed E-state index contributed by atoms with van der Waals surface area (Å²) in [5, 5.41) is 7.54. The summed E-state index contributed by atoms with van der Waals surface area (Å²) in [5.41, 5.74) is 0.149. The number of alkyl halides is 2. The van der Waals surface area contributed by atoms with Gasteiger partial charge in [0.25, 0.3) is 6.43 Å². The molecule has 2 aliphatic rings. The molecule has 1 saturated heterocycles. The minimum Gasteiger partial charge on any atom is -0.461 e. The number of hydrogen-bond acceptors (Lipinski definition) is 6. The van der Waals surface area contributed by atoms with Gasteiger partial charge in [0.15, 0.2) is 5.69 Å². The van der Waals surface area contributed by atoms with E-state index in [1.54, 1.807) is 19.1 Å². The first-order valence-electron chi connectivity index (χ1n) is 8.65. The SMILES string of the molecule is CCOC(=O)c1cn(Cc2ccc(N3CC4CC4C3)nc2C(F)F)nn1. The highest BCUT2D eigenvalue weighted by atomic mass is 19.3. The number of rotatable bonds is 6. The Hall–Kier alpha value is -2.58. The summed E-state index contributed by atoms with van der Waals surface area (Å²) in [5.74, 6) is 1.40. The van der Waals surface area contributed by atoms with Crippen molar-refractivity contribution in [2.75, 3.05) is 24.6 Å². The highest BCUT2D eigenvalue weighted by Gasteiger charge is 2.45. The summed E-state index contributed by atoms with van der Waals surface area (Å²) >= 11 is 0. The predicted molar refractivity (Wildman–Crippen MR) is 88.1 cm³/mol. The molecule has 7 nitrogen and oxygen atoms in total. The molecule has 1 aliphatic carbocycles. The van der Waals surface area contributed by atoms with Gasteiger partial charge < -0.3 is 9.64 Å². The molecule has 1 saturated carbocycles. The van der Waals surface area contributed by atoms with E-state index in [2.05, 4.69) is 20.2 Å². The van der Waals surface area contributed by atoms with Crippen LogP contribution in [0, 0.1) is 11.8 Å². The van der Waals surface area contributed by atoms with Crippen LogP contribution in [0.3, 0.4) is 0 Å². The fourth-order valence-electron chi connectivity index (χ4n) is 3.43. The Balaban J connectivity index is 1.53. The van der Waals surface area contributed by atoms with Crippen LogP contribution in [0.2, 0.25) is 0 Å². The maximum absolute atomic E-state index is 13.5. The molecule has 2 fully saturated rings. The van der Waals surface area contributed by atoms with Crippen LogP contribution >= 0.6 is 0 Å². The molecular weight excluding hydrogens is 344 g/mol. The Bertz CT molecular complexity index is 815. The summed E-state index contributed by atoms with van der Waals surface area (Å²) in [6.07, 6.45) is -0.0595. The van der Waals surface area contributed by atoms with Crippen molar-refractivity contribution in [3.8, 4) is 0 Å². The molecule has 2 aromatic rings. The third-order valence-electron chi connectivity index (χ3n) is 4.86. The van der Waals surface area contributed by atoms with Crippen LogP contribution in [-0.4, -0.2) is 45.6 Å². The minimum atomic E-state index is -2.69. The number of ether oxygens (including phenoxy) is 1. The Morgan fingerprint density at radius 2 is 2.12 bits per heavy atom. The van der Waals surface area contributed by atoms with E-state index in [9.17, 15) is 13.6 Å². The van der Waals surface area contributed by atoms with Crippen molar-refractivity contribution in [2.24, 2.45) is 11.8 Å². The number of halogens is 2. The second-order valence-corrected chi connectivity index (χ2v) is 6.70. The van der Waals surface area contributed by atoms with E-state index in [1.165, 1.54) is 17.3 Å². The average Bonchev–Trinajstić information content (AvgIpc) is 3.02. The first-order valence-corrected chi connectivity index (χ1v) is 8.65. The number of aromatic nitrogens is 4. The Labute approximate surface area is 149 Å². The first kappa shape index (κ1) is 16.9. The predicted octanol–water partition coefficient (Wildman–Crippen LogP) is 2.29. The average molecular weight is 363 g/mol. The molecule has 26 heavy (non-hydrogen) atoms. The quantitative estimate of drug-likeness (QED) is 0.733. The van der Waals surface area contributed by atoms with Gasteiger partial charge in [-0.1, -0.05) is 11.3 Å². The molecule has 0 spiro atoms. The highest BCUT2D eigenvalue weighted by Crippen LogP contribution is 2.46. The maximum atomic E-state index is 13.5. The van der Waals surface area contributed by atoms with Crippen LogP contribution in [0.5, 0.6) is 0 Å². The number of pyridine rings is 1. The van der Waals surface area contributed by atoms with Crippen molar-refractivity contribution in [1.82, 2.24) is 20.0 Å². The monoisotopic (exact) mass is 363 g/mol. The van der Waals surface area contributed by atoms with Crippen LogP contribution in [-0.2, 0) is 11.3 Å². The zero-order valence-electron chi connectivity index (χ0n) is 14.3. The van der Waals surface area contributed by atoms with E-state index in [1.807, 2.05) is 0 Å². The molecule has 0 amide bonds. The lowest BCUT2D eigenvalue weighted by molar-refractivity contribution is 0.0519. The normalized spacial score (nSPS) is 21.2. The molecule has 3 heterocycles. The van der Waals surface area contributed by atoms with Gasteiger partial charge in [-0.05, 0) is 31.2 Å². The Kier molecular flexibility index (Phi) is 4.29. The van der Waals surface area contributed by atoms with Crippen molar-refractivity contribution < 1.29 is 18.3 Å². The summed E-state index contributed by atoms with van der Waals surface area (Å²) in [4.78, 5) is 17.9. The number of nitrogens with zero attached hydrogens (tertiary/aromatic N) is 5. The van der Waals surface area contributed by atoms with Gasteiger partial charge in [-0.2, -0.15) is 0 Å². The van der Waals surface area contributed by atoms with E-state index in [4.69, 9.17) is 4.74 Å². The van der Waals surface area contributed by atoms with Crippen molar-refractivity contribution >= 4 is 11.8 Å². The summed E-state index contributed by atoms with van der Waals surface area (Å²) in [6.45, 7) is 3.76. The number of piperidine rings is 1. The number of anilines is 1. The molecule has 0 aromatic carbocycles. The van der Waals surface area contributed by atoms with Gasteiger partial charge >= 0.3 is 5.97 Å². The van der Waals surface area contributed by atoms with Crippen LogP contribution < -0.4 is 4.90 Å². The van der Waals surface area contributed by atoms with E-state index in [0.717, 1.165) is 13.1 Å². The van der Waals surface area contributed by atoms with Gasteiger partial charge in [-0.15, -0.1) is 5.10 Å². The van der Waals surface area contributed by atoms with Gasteiger partial charge in [0, 0.05) is 18.7 Å². The standard InChI is InChI=1S/C17H19F2N5O2/c1-2-26-17(25)13-9-24(22-21-13)8-10-3-4-14(20-15(10)16(18)19)23-6-11-5-12(11)7-23/h3-4,9,11-12,16H,2,5-8H2,1H3. The number of fused-ring (bicyclic) bond motifs is 1. The molecular formula is C17H19F2N5O2. The minimum absolute atomic E-state index is 0.0475. The summed E-state index contributed by atoms with van der Waals surface area (Å²) < 4.78 is 33.2. The lowest BCUT2D eigenvalue weighted by Crippen LogP contribution is -2.23. The van der Waals surface area contributed by atoms with Crippen LogP contribution in [0.4, 0.5) is 14.6 Å². The van der Waals surface area contributed by atoms with E-state index < -0.39 is 12.4 Å². The molecule has 0 N–H and O–H groups in total. The van der Waals surface area contributed by atoms with Crippen molar-refractivity contribution in [3.05, 3.63) is 35.3 Å². The van der Waals surface area contributed by atoms with E-state index in [-0.39, 0.29) is 24.5 Å². The topological polar surface area (TPSA) is 73.1 Å². The van der Waals surface area contributed by atoms with E-state index in [0.29, 0.717) is 23.2 Å². The summed E-state index contributed by atoms with van der Waals surface area (Å²) in [6, 6.07) is 3.43. The number of carbonyl (C=O) groups is 1.